The number of fused-ring (bicyclic) bond motifs is 4. The fourth-order valence-corrected chi connectivity index (χ4v) is 3.32. The molecule has 2 aliphatic carbocycles. The molecule has 1 saturated carbocycles. The Bertz CT molecular complexity index is 689. The summed E-state index contributed by atoms with van der Waals surface area (Å²) in [5.74, 6) is -0.512. The molecule has 0 radical (unpaired) electrons. The Balaban J connectivity index is 2.05. The number of aromatic nitrogens is 3. The summed E-state index contributed by atoms with van der Waals surface area (Å²) in [4.78, 5) is 15.9. The second-order valence-electron chi connectivity index (χ2n) is 5.24. The Labute approximate surface area is 108 Å². The van der Waals surface area contributed by atoms with E-state index in [4.69, 9.17) is 17.3 Å². The van der Waals surface area contributed by atoms with Crippen LogP contribution in [0, 0.1) is 0 Å². The highest BCUT2D eigenvalue weighted by Crippen LogP contribution is 2.60. The van der Waals surface area contributed by atoms with Gasteiger partial charge in [-0.25, -0.2) is 9.50 Å². The molecule has 1 fully saturated rings. The number of rotatable bonds is 1. The third kappa shape index (κ3) is 1.15. The number of hydrogen-bond donors (Lipinski definition) is 1. The van der Waals surface area contributed by atoms with Crippen molar-refractivity contribution in [3.8, 4) is 0 Å². The lowest BCUT2D eigenvalue weighted by Crippen LogP contribution is -2.20. The van der Waals surface area contributed by atoms with Crippen LogP contribution in [-0.2, 0) is 10.2 Å². The fourth-order valence-electron chi connectivity index (χ4n) is 3.15. The van der Waals surface area contributed by atoms with Crippen LogP contribution in [-0.4, -0.2) is 20.5 Å². The summed E-state index contributed by atoms with van der Waals surface area (Å²) in [6, 6.07) is 1.73. The van der Waals surface area contributed by atoms with Crippen LogP contribution < -0.4 is 5.73 Å². The van der Waals surface area contributed by atoms with Crippen molar-refractivity contribution in [3.05, 3.63) is 28.7 Å². The summed E-state index contributed by atoms with van der Waals surface area (Å²) in [5, 5.41) is 4.71. The second kappa shape index (κ2) is 3.03. The van der Waals surface area contributed by atoms with Gasteiger partial charge in [-0.05, 0) is 19.3 Å². The van der Waals surface area contributed by atoms with Crippen LogP contribution in [0.25, 0.3) is 5.65 Å². The number of carbonyl (C=O) groups is 1. The Morgan fingerprint density at radius 1 is 1.56 bits per heavy atom. The molecule has 2 aromatic rings. The smallest absolute Gasteiger partial charge is 0.225 e. The highest BCUT2D eigenvalue weighted by Gasteiger charge is 2.55. The number of hydrogen-bond acceptors (Lipinski definition) is 3. The zero-order valence-electron chi connectivity index (χ0n) is 9.56. The third-order valence-corrected chi connectivity index (χ3v) is 4.34. The first kappa shape index (κ1) is 10.3. The average Bonchev–Trinajstić information content (AvgIpc) is 2.85. The number of carbonyl (C=O) groups excluding carboxylic acids is 1. The lowest BCUT2D eigenvalue weighted by atomic mass is 10.00. The first-order valence-corrected chi connectivity index (χ1v) is 6.32. The third-order valence-electron chi connectivity index (χ3n) is 4.15. The maximum absolute atomic E-state index is 11.6. The van der Waals surface area contributed by atoms with Crippen molar-refractivity contribution in [2.24, 2.45) is 5.73 Å². The summed E-state index contributed by atoms with van der Waals surface area (Å²) in [6.45, 7) is 0. The summed E-state index contributed by atoms with van der Waals surface area (Å²) < 4.78 is 1.79. The summed E-state index contributed by atoms with van der Waals surface area (Å²) in [5.41, 5.74) is 8.30. The maximum Gasteiger partial charge on any atom is 0.225 e. The first-order valence-electron chi connectivity index (χ1n) is 5.95. The van der Waals surface area contributed by atoms with E-state index in [1.54, 1.807) is 16.8 Å². The van der Waals surface area contributed by atoms with E-state index in [2.05, 4.69) is 10.1 Å². The first-order chi connectivity index (χ1) is 8.61. The lowest BCUT2D eigenvalue weighted by Gasteiger charge is -2.09. The fraction of sp³-hybridized carbons (Fsp3) is 0.417. The molecule has 5 nitrogen and oxygen atoms in total. The molecule has 92 valence electrons. The highest BCUT2D eigenvalue weighted by molar-refractivity contribution is 6.29. The topological polar surface area (TPSA) is 73.3 Å². The van der Waals surface area contributed by atoms with Gasteiger partial charge in [-0.15, -0.1) is 0 Å². The van der Waals surface area contributed by atoms with E-state index in [0.29, 0.717) is 5.15 Å². The van der Waals surface area contributed by atoms with E-state index in [-0.39, 0.29) is 17.2 Å². The molecular formula is C12H11ClN4O. The largest absolute Gasteiger partial charge is 0.369 e. The van der Waals surface area contributed by atoms with Gasteiger partial charge in [-0.3, -0.25) is 4.79 Å². The predicted molar refractivity (Wildman–Crippen MR) is 65.5 cm³/mol. The predicted octanol–water partition coefficient (Wildman–Crippen LogP) is 1.39. The van der Waals surface area contributed by atoms with Gasteiger partial charge in [0.15, 0.2) is 10.8 Å². The summed E-state index contributed by atoms with van der Waals surface area (Å²) in [6.07, 6.45) is 4.71. The van der Waals surface area contributed by atoms with Crippen LogP contribution in [0.5, 0.6) is 0 Å². The highest BCUT2D eigenvalue weighted by atomic mass is 35.5. The standard InChI is InChI=1S/C12H11ClN4O/c13-8-3-9-15-5-7-6(11(14)18)4-12(1-2-12)10(7)17(9)16-8/h3,5-6H,1-2,4H2,(H2,14,18). The molecule has 2 aromatic heterocycles. The number of nitrogens with zero attached hydrogens (tertiary/aromatic N) is 3. The molecule has 4 rings (SSSR count). The molecule has 1 unspecified atom stereocenters. The minimum Gasteiger partial charge on any atom is -0.369 e. The second-order valence-corrected chi connectivity index (χ2v) is 5.63. The molecular weight excluding hydrogens is 252 g/mol. The van der Waals surface area contributed by atoms with E-state index in [9.17, 15) is 4.79 Å². The zero-order valence-corrected chi connectivity index (χ0v) is 10.3. The molecule has 18 heavy (non-hydrogen) atoms. The maximum atomic E-state index is 11.6. The minimum absolute atomic E-state index is 0.0750. The van der Waals surface area contributed by atoms with Crippen molar-refractivity contribution in [2.45, 2.75) is 30.6 Å². The molecule has 1 amide bonds. The molecule has 1 spiro atoms. The van der Waals surface area contributed by atoms with Crippen LogP contribution >= 0.6 is 11.6 Å². The van der Waals surface area contributed by atoms with Crippen LogP contribution in [0.3, 0.4) is 0 Å². The number of halogens is 1. The molecule has 0 saturated heterocycles. The van der Waals surface area contributed by atoms with Gasteiger partial charge in [0, 0.05) is 23.2 Å². The lowest BCUT2D eigenvalue weighted by molar-refractivity contribution is -0.119. The van der Waals surface area contributed by atoms with Crippen LogP contribution in [0.4, 0.5) is 0 Å². The van der Waals surface area contributed by atoms with E-state index in [0.717, 1.165) is 36.2 Å². The van der Waals surface area contributed by atoms with Crippen molar-refractivity contribution in [1.82, 2.24) is 14.6 Å². The van der Waals surface area contributed by atoms with Gasteiger partial charge < -0.3 is 5.73 Å². The van der Waals surface area contributed by atoms with E-state index < -0.39 is 0 Å². The molecule has 6 heteroatoms. The molecule has 0 aromatic carbocycles. The van der Waals surface area contributed by atoms with Crippen molar-refractivity contribution in [2.75, 3.05) is 0 Å². The van der Waals surface area contributed by atoms with Crippen LogP contribution in [0.2, 0.25) is 5.15 Å². The molecule has 2 N–H and O–H groups in total. The van der Waals surface area contributed by atoms with Crippen molar-refractivity contribution in [1.29, 1.82) is 0 Å². The number of primary amides is 1. The zero-order chi connectivity index (χ0) is 12.5. The van der Waals surface area contributed by atoms with Crippen molar-refractivity contribution < 1.29 is 4.79 Å². The Hall–Kier alpha value is -1.62. The van der Waals surface area contributed by atoms with Crippen LogP contribution in [0.1, 0.15) is 36.4 Å². The SMILES string of the molecule is NC(=O)C1CC2(CC2)c2c1cnc1cc(Cl)nn21. The minimum atomic E-state index is -0.278. The average molecular weight is 263 g/mol. The molecule has 0 aliphatic heterocycles. The summed E-state index contributed by atoms with van der Waals surface area (Å²) in [7, 11) is 0. The van der Waals surface area contributed by atoms with Gasteiger partial charge >= 0.3 is 0 Å². The van der Waals surface area contributed by atoms with E-state index in [1.807, 2.05) is 0 Å². The Kier molecular flexibility index (Phi) is 1.74. The van der Waals surface area contributed by atoms with Gasteiger partial charge in [0.2, 0.25) is 5.91 Å². The number of nitrogens with two attached hydrogens (primary N) is 1. The van der Waals surface area contributed by atoms with Crippen LogP contribution in [0.15, 0.2) is 12.3 Å². The van der Waals surface area contributed by atoms with Gasteiger partial charge in [0.1, 0.15) is 0 Å². The van der Waals surface area contributed by atoms with Gasteiger partial charge in [0.05, 0.1) is 11.6 Å². The quantitative estimate of drug-likeness (QED) is 0.844. The Morgan fingerprint density at radius 2 is 2.33 bits per heavy atom. The van der Waals surface area contributed by atoms with Crippen molar-refractivity contribution in [3.63, 3.8) is 0 Å². The summed E-state index contributed by atoms with van der Waals surface area (Å²) >= 11 is 5.93. The van der Waals surface area contributed by atoms with Gasteiger partial charge in [-0.1, -0.05) is 11.6 Å². The molecule has 2 heterocycles. The molecule has 0 bridgehead atoms. The Morgan fingerprint density at radius 3 is 3.00 bits per heavy atom. The van der Waals surface area contributed by atoms with Gasteiger partial charge in [-0.2, -0.15) is 5.10 Å². The number of amides is 1. The normalized spacial score (nSPS) is 23.5. The van der Waals surface area contributed by atoms with E-state index in [1.165, 1.54) is 0 Å². The van der Waals surface area contributed by atoms with Gasteiger partial charge in [0.25, 0.3) is 0 Å². The van der Waals surface area contributed by atoms with Crippen molar-refractivity contribution >= 4 is 23.2 Å². The monoisotopic (exact) mass is 262 g/mol. The molecule has 1 atom stereocenters. The van der Waals surface area contributed by atoms with E-state index >= 15 is 0 Å². The molecule has 2 aliphatic rings.